The van der Waals surface area contributed by atoms with Crippen LogP contribution in [0.5, 0.6) is 0 Å². The summed E-state index contributed by atoms with van der Waals surface area (Å²) in [6, 6.07) is 0.616. The first-order valence-corrected chi connectivity index (χ1v) is 4.60. The molecule has 0 spiro atoms. The van der Waals surface area contributed by atoms with E-state index in [1.807, 2.05) is 33.0 Å². The van der Waals surface area contributed by atoms with Crippen LogP contribution in [0.25, 0.3) is 0 Å². The standard InChI is InChI=1S/C7H18N2.C2H6/c1-5-6-7(2)8-9(3)4;1-2/h7-8H,5-6H2,1-4H3;1-2H3. The van der Waals surface area contributed by atoms with Crippen LogP contribution < -0.4 is 5.43 Å². The van der Waals surface area contributed by atoms with Gasteiger partial charge in [0.2, 0.25) is 0 Å². The second kappa shape index (κ2) is 9.92. The van der Waals surface area contributed by atoms with Gasteiger partial charge in [-0.25, -0.2) is 0 Å². The lowest BCUT2D eigenvalue weighted by molar-refractivity contribution is 0.243. The Labute approximate surface area is 71.9 Å². The summed E-state index contributed by atoms with van der Waals surface area (Å²) in [6.45, 7) is 8.40. The molecule has 2 heteroatoms. The fourth-order valence-electron chi connectivity index (χ4n) is 0.938. The van der Waals surface area contributed by atoms with Crippen LogP contribution in [0.2, 0.25) is 0 Å². The van der Waals surface area contributed by atoms with Crippen molar-refractivity contribution in [3.8, 4) is 0 Å². The zero-order valence-corrected chi connectivity index (χ0v) is 8.94. The van der Waals surface area contributed by atoms with Crippen molar-refractivity contribution in [2.45, 2.75) is 46.6 Å². The van der Waals surface area contributed by atoms with E-state index in [0.717, 1.165) is 0 Å². The fraction of sp³-hybridized carbons (Fsp3) is 1.00. The number of nitrogens with zero attached hydrogens (tertiary/aromatic N) is 1. The van der Waals surface area contributed by atoms with E-state index in [1.165, 1.54) is 12.8 Å². The van der Waals surface area contributed by atoms with Gasteiger partial charge in [-0.1, -0.05) is 27.2 Å². The highest BCUT2D eigenvalue weighted by molar-refractivity contribution is 4.54. The molecule has 0 saturated heterocycles. The third-order valence-corrected chi connectivity index (χ3v) is 1.20. The molecule has 0 saturated carbocycles. The lowest BCUT2D eigenvalue weighted by atomic mass is 10.2. The largest absolute Gasteiger partial charge is 0.253 e. The summed E-state index contributed by atoms with van der Waals surface area (Å²) in [5.74, 6) is 0. The topological polar surface area (TPSA) is 15.3 Å². The van der Waals surface area contributed by atoms with Gasteiger partial charge in [0.25, 0.3) is 0 Å². The summed E-state index contributed by atoms with van der Waals surface area (Å²) in [4.78, 5) is 0. The van der Waals surface area contributed by atoms with Crippen LogP contribution in [0.3, 0.4) is 0 Å². The summed E-state index contributed by atoms with van der Waals surface area (Å²) >= 11 is 0. The van der Waals surface area contributed by atoms with E-state index in [-0.39, 0.29) is 0 Å². The Hall–Kier alpha value is -0.0800. The monoisotopic (exact) mass is 160 g/mol. The van der Waals surface area contributed by atoms with Gasteiger partial charge >= 0.3 is 0 Å². The van der Waals surface area contributed by atoms with Crippen molar-refractivity contribution in [3.63, 3.8) is 0 Å². The van der Waals surface area contributed by atoms with Crippen molar-refractivity contribution in [1.82, 2.24) is 10.4 Å². The number of nitrogens with one attached hydrogen (secondary N) is 1. The molecule has 0 radical (unpaired) electrons. The third kappa shape index (κ3) is 13.0. The molecule has 1 N–H and O–H groups in total. The summed E-state index contributed by atoms with van der Waals surface area (Å²) in [6.07, 6.45) is 2.50. The first-order chi connectivity index (χ1) is 5.16. The van der Waals surface area contributed by atoms with Crippen LogP contribution in [0.1, 0.15) is 40.5 Å². The van der Waals surface area contributed by atoms with E-state index in [0.29, 0.717) is 6.04 Å². The Kier molecular flexibility index (Phi) is 12.2. The van der Waals surface area contributed by atoms with Gasteiger partial charge in [-0.3, -0.25) is 10.4 Å². The summed E-state index contributed by atoms with van der Waals surface area (Å²) < 4.78 is 0. The second-order valence-electron chi connectivity index (χ2n) is 2.71. The molecular weight excluding hydrogens is 136 g/mol. The second-order valence-corrected chi connectivity index (χ2v) is 2.71. The molecule has 0 heterocycles. The van der Waals surface area contributed by atoms with Crippen LogP contribution in [-0.2, 0) is 0 Å². The molecule has 0 aliphatic rings. The molecule has 1 unspecified atom stereocenters. The first-order valence-electron chi connectivity index (χ1n) is 4.60. The molecule has 11 heavy (non-hydrogen) atoms. The average molecular weight is 160 g/mol. The van der Waals surface area contributed by atoms with E-state index in [9.17, 15) is 0 Å². The van der Waals surface area contributed by atoms with Crippen molar-refractivity contribution in [3.05, 3.63) is 0 Å². The maximum Gasteiger partial charge on any atom is 0.0186 e. The average Bonchev–Trinajstić information content (AvgIpc) is 1.91. The van der Waals surface area contributed by atoms with Gasteiger partial charge in [-0.05, 0) is 13.3 Å². The minimum atomic E-state index is 0.616. The molecule has 0 aromatic heterocycles. The Morgan fingerprint density at radius 2 is 1.73 bits per heavy atom. The normalized spacial score (nSPS) is 12.3. The molecular formula is C9H24N2. The van der Waals surface area contributed by atoms with Crippen LogP contribution in [0, 0.1) is 0 Å². The maximum atomic E-state index is 3.28. The quantitative estimate of drug-likeness (QED) is 0.635. The number of hydrazine groups is 1. The number of hydrogen-bond donors (Lipinski definition) is 1. The highest BCUT2D eigenvalue weighted by Gasteiger charge is 1.97. The molecule has 1 atom stereocenters. The minimum absolute atomic E-state index is 0.616. The number of rotatable bonds is 4. The molecule has 0 rings (SSSR count). The third-order valence-electron chi connectivity index (χ3n) is 1.20. The highest BCUT2D eigenvalue weighted by atomic mass is 15.5. The van der Waals surface area contributed by atoms with Crippen LogP contribution in [0.15, 0.2) is 0 Å². The van der Waals surface area contributed by atoms with E-state index in [1.54, 1.807) is 0 Å². The van der Waals surface area contributed by atoms with Gasteiger partial charge in [0.05, 0.1) is 0 Å². The van der Waals surface area contributed by atoms with Gasteiger partial charge in [0.15, 0.2) is 0 Å². The van der Waals surface area contributed by atoms with Gasteiger partial charge in [0.1, 0.15) is 0 Å². The van der Waals surface area contributed by atoms with Crippen molar-refractivity contribution in [2.24, 2.45) is 0 Å². The first kappa shape index (κ1) is 13.5. The minimum Gasteiger partial charge on any atom is -0.253 e. The van der Waals surface area contributed by atoms with Crippen molar-refractivity contribution < 1.29 is 0 Å². The maximum absolute atomic E-state index is 3.28. The highest BCUT2D eigenvalue weighted by Crippen LogP contribution is 1.93. The molecule has 0 aliphatic heterocycles. The molecule has 0 amide bonds. The van der Waals surface area contributed by atoms with Gasteiger partial charge < -0.3 is 0 Å². The van der Waals surface area contributed by atoms with E-state index in [2.05, 4.69) is 19.3 Å². The van der Waals surface area contributed by atoms with Gasteiger partial charge in [-0.15, -0.1) is 0 Å². The zero-order valence-electron chi connectivity index (χ0n) is 8.94. The predicted octanol–water partition coefficient (Wildman–Crippen LogP) is 2.27. The number of hydrogen-bond acceptors (Lipinski definition) is 2. The zero-order chi connectivity index (χ0) is 9.28. The van der Waals surface area contributed by atoms with Crippen molar-refractivity contribution >= 4 is 0 Å². The molecule has 0 aromatic carbocycles. The predicted molar refractivity (Wildman–Crippen MR) is 52.5 cm³/mol. The van der Waals surface area contributed by atoms with Crippen LogP contribution in [0.4, 0.5) is 0 Å². The smallest absolute Gasteiger partial charge is 0.0186 e. The lowest BCUT2D eigenvalue weighted by Crippen LogP contribution is -2.37. The lowest BCUT2D eigenvalue weighted by Gasteiger charge is -2.18. The summed E-state index contributed by atoms with van der Waals surface area (Å²) in [7, 11) is 4.04. The molecule has 0 bridgehead atoms. The molecule has 70 valence electrons. The van der Waals surface area contributed by atoms with Crippen molar-refractivity contribution in [2.75, 3.05) is 14.1 Å². The van der Waals surface area contributed by atoms with E-state index < -0.39 is 0 Å². The van der Waals surface area contributed by atoms with Gasteiger partial charge in [0, 0.05) is 20.1 Å². The van der Waals surface area contributed by atoms with Crippen LogP contribution >= 0.6 is 0 Å². The molecule has 0 aromatic rings. The summed E-state index contributed by atoms with van der Waals surface area (Å²) in [5, 5.41) is 2.00. The fourth-order valence-corrected chi connectivity index (χ4v) is 0.938. The molecule has 2 nitrogen and oxygen atoms in total. The Balaban J connectivity index is 0. The van der Waals surface area contributed by atoms with Gasteiger partial charge in [-0.2, -0.15) is 0 Å². The Morgan fingerprint density at radius 1 is 1.27 bits per heavy atom. The Bertz CT molecular complexity index is 62.6. The Morgan fingerprint density at radius 3 is 2.00 bits per heavy atom. The van der Waals surface area contributed by atoms with E-state index >= 15 is 0 Å². The van der Waals surface area contributed by atoms with Crippen molar-refractivity contribution in [1.29, 1.82) is 0 Å². The van der Waals surface area contributed by atoms with Crippen LogP contribution in [-0.4, -0.2) is 25.1 Å². The molecule has 0 fully saturated rings. The van der Waals surface area contributed by atoms with E-state index in [4.69, 9.17) is 0 Å². The molecule has 0 aliphatic carbocycles. The summed E-state index contributed by atoms with van der Waals surface area (Å²) in [5.41, 5.74) is 3.28. The SMILES string of the molecule is CC.CCCC(C)NN(C)C.